The van der Waals surface area contributed by atoms with E-state index in [-0.39, 0.29) is 13.6 Å². The van der Waals surface area contributed by atoms with Gasteiger partial charge in [-0.1, -0.05) is 208 Å². The fourth-order valence-electron chi connectivity index (χ4n) is 7.15. The van der Waals surface area contributed by atoms with Gasteiger partial charge in [-0.3, -0.25) is 0 Å². The van der Waals surface area contributed by atoms with E-state index in [1.165, 1.54) is 167 Å². The van der Waals surface area contributed by atoms with Crippen molar-refractivity contribution in [2.45, 2.75) is 260 Å². The predicted octanol–water partition coefficient (Wildman–Crippen LogP) is 16.8. The van der Waals surface area contributed by atoms with Gasteiger partial charge in [-0.05, 0) is 38.5 Å². The highest BCUT2D eigenvalue weighted by Gasteiger charge is 2.14. The van der Waals surface area contributed by atoms with E-state index < -0.39 is 0 Å². The molecular formula is C52H102O7. The Morgan fingerprint density at radius 3 is 0.763 bits per heavy atom. The zero-order valence-electron chi connectivity index (χ0n) is 40.6. The molecule has 0 aromatic rings. The molecule has 0 aliphatic heterocycles. The van der Waals surface area contributed by atoms with Gasteiger partial charge < -0.3 is 33.2 Å². The summed E-state index contributed by atoms with van der Waals surface area (Å²) in [5.74, 6) is 3.64. The second kappa shape index (κ2) is 49.2. The van der Waals surface area contributed by atoms with Gasteiger partial charge in [-0.25, -0.2) is 0 Å². The van der Waals surface area contributed by atoms with Gasteiger partial charge in [-0.2, -0.15) is 0 Å². The van der Waals surface area contributed by atoms with Crippen LogP contribution in [0.15, 0.2) is 23.0 Å². The Bertz CT molecular complexity index is 782. The second-order valence-corrected chi connectivity index (χ2v) is 16.9. The van der Waals surface area contributed by atoms with Gasteiger partial charge in [0.25, 0.3) is 0 Å². The minimum absolute atomic E-state index is 0.126. The average Bonchev–Trinajstić information content (AvgIpc) is 3.24. The number of unbranched alkanes of at least 4 members (excludes halogenated alkanes) is 26. The Morgan fingerprint density at radius 1 is 0.237 bits per heavy atom. The van der Waals surface area contributed by atoms with Crippen molar-refractivity contribution in [2.24, 2.45) is 0 Å². The molecule has 7 heteroatoms. The fourth-order valence-corrected chi connectivity index (χ4v) is 7.15. The highest BCUT2D eigenvalue weighted by molar-refractivity contribution is 5.03. The van der Waals surface area contributed by atoms with E-state index in [0.29, 0.717) is 26.4 Å². The molecule has 0 saturated heterocycles. The lowest BCUT2D eigenvalue weighted by molar-refractivity contribution is -0.132. The van der Waals surface area contributed by atoms with Gasteiger partial charge in [0.15, 0.2) is 11.5 Å². The molecule has 0 bridgehead atoms. The lowest BCUT2D eigenvalue weighted by Crippen LogP contribution is -2.14. The SMILES string of the molecule is CCCCCCCCC(OCCCCCCC)=C(COCOCOCC(OCCCCCCC)=C(CCCCCCCC)OCCCCCCC)OCCCCCCC. The van der Waals surface area contributed by atoms with E-state index in [2.05, 4.69) is 41.5 Å². The van der Waals surface area contributed by atoms with Crippen LogP contribution in [-0.2, 0) is 33.2 Å². The van der Waals surface area contributed by atoms with Crippen molar-refractivity contribution in [3.63, 3.8) is 0 Å². The number of hydrogen-bond acceptors (Lipinski definition) is 7. The van der Waals surface area contributed by atoms with E-state index in [1.807, 2.05) is 0 Å². The van der Waals surface area contributed by atoms with Crippen LogP contribution in [0.3, 0.4) is 0 Å². The normalized spacial score (nSPS) is 12.4. The summed E-state index contributed by atoms with van der Waals surface area (Å²) in [7, 11) is 0. The van der Waals surface area contributed by atoms with E-state index in [0.717, 1.165) is 87.6 Å². The summed E-state index contributed by atoms with van der Waals surface area (Å²) in [6.07, 6.45) is 41.1. The highest BCUT2D eigenvalue weighted by atomic mass is 16.7. The van der Waals surface area contributed by atoms with Crippen molar-refractivity contribution >= 4 is 0 Å². The predicted molar refractivity (Wildman–Crippen MR) is 252 cm³/mol. The number of allylic oxidation sites excluding steroid dienone is 2. The van der Waals surface area contributed by atoms with Gasteiger partial charge in [0, 0.05) is 12.8 Å². The molecule has 0 aromatic heterocycles. The van der Waals surface area contributed by atoms with Crippen LogP contribution >= 0.6 is 0 Å². The van der Waals surface area contributed by atoms with Crippen molar-refractivity contribution in [3.05, 3.63) is 23.0 Å². The summed E-state index contributed by atoms with van der Waals surface area (Å²) < 4.78 is 44.0. The first-order chi connectivity index (χ1) is 29.2. The topological polar surface area (TPSA) is 64.6 Å². The second-order valence-electron chi connectivity index (χ2n) is 16.9. The summed E-state index contributed by atoms with van der Waals surface area (Å²) in [5, 5.41) is 0. The molecular weight excluding hydrogens is 737 g/mol. The van der Waals surface area contributed by atoms with Crippen molar-refractivity contribution in [1.82, 2.24) is 0 Å². The van der Waals surface area contributed by atoms with Crippen LogP contribution in [0.4, 0.5) is 0 Å². The molecule has 0 atom stereocenters. The molecule has 0 aromatic carbocycles. The quantitative estimate of drug-likeness (QED) is 0.0343. The molecule has 0 amide bonds. The molecule has 0 unspecified atom stereocenters. The van der Waals surface area contributed by atoms with E-state index in [9.17, 15) is 0 Å². The van der Waals surface area contributed by atoms with Gasteiger partial charge in [0.1, 0.15) is 38.3 Å². The van der Waals surface area contributed by atoms with Crippen LogP contribution in [-0.4, -0.2) is 53.2 Å². The first-order valence-corrected chi connectivity index (χ1v) is 25.9. The lowest BCUT2D eigenvalue weighted by Gasteiger charge is -2.19. The van der Waals surface area contributed by atoms with Gasteiger partial charge in [-0.15, -0.1) is 0 Å². The van der Waals surface area contributed by atoms with Crippen molar-refractivity contribution in [2.75, 3.05) is 53.2 Å². The monoisotopic (exact) mass is 839 g/mol. The van der Waals surface area contributed by atoms with Crippen LogP contribution < -0.4 is 0 Å². The van der Waals surface area contributed by atoms with Gasteiger partial charge in [0.05, 0.1) is 26.4 Å². The maximum absolute atomic E-state index is 6.49. The summed E-state index contributed by atoms with van der Waals surface area (Å²) in [5.41, 5.74) is 0. The highest BCUT2D eigenvalue weighted by Crippen LogP contribution is 2.22. The molecule has 352 valence electrons. The summed E-state index contributed by atoms with van der Waals surface area (Å²) in [6, 6.07) is 0. The molecule has 0 rings (SSSR count). The molecule has 0 aliphatic rings. The zero-order valence-corrected chi connectivity index (χ0v) is 40.6. The Hall–Kier alpha value is -1.44. The smallest absolute Gasteiger partial charge is 0.159 e. The lowest BCUT2D eigenvalue weighted by atomic mass is 10.1. The van der Waals surface area contributed by atoms with Gasteiger partial charge >= 0.3 is 0 Å². The summed E-state index contributed by atoms with van der Waals surface area (Å²) in [4.78, 5) is 0. The molecule has 0 aliphatic carbocycles. The molecule has 0 saturated carbocycles. The Kier molecular flexibility index (Phi) is 48.0. The van der Waals surface area contributed by atoms with Crippen LogP contribution in [0, 0.1) is 0 Å². The molecule has 0 N–H and O–H groups in total. The van der Waals surface area contributed by atoms with E-state index in [4.69, 9.17) is 33.2 Å². The minimum Gasteiger partial charge on any atom is -0.494 e. The zero-order chi connectivity index (χ0) is 43.0. The Morgan fingerprint density at radius 2 is 0.475 bits per heavy atom. The fraction of sp³-hybridized carbons (Fsp3) is 0.923. The van der Waals surface area contributed by atoms with E-state index >= 15 is 0 Å². The number of hydrogen-bond donors (Lipinski definition) is 0. The van der Waals surface area contributed by atoms with Gasteiger partial charge in [0.2, 0.25) is 0 Å². The average molecular weight is 839 g/mol. The number of rotatable bonds is 50. The largest absolute Gasteiger partial charge is 0.494 e. The molecule has 59 heavy (non-hydrogen) atoms. The van der Waals surface area contributed by atoms with Crippen molar-refractivity contribution in [3.8, 4) is 0 Å². The van der Waals surface area contributed by atoms with Crippen molar-refractivity contribution in [1.29, 1.82) is 0 Å². The summed E-state index contributed by atoms with van der Waals surface area (Å²) in [6.45, 7) is 17.4. The Balaban J connectivity index is 5.56. The maximum Gasteiger partial charge on any atom is 0.159 e. The molecule has 0 heterocycles. The first-order valence-electron chi connectivity index (χ1n) is 25.9. The molecule has 0 radical (unpaired) electrons. The summed E-state index contributed by atoms with van der Waals surface area (Å²) >= 11 is 0. The third-order valence-corrected chi connectivity index (χ3v) is 11.0. The molecule has 0 spiro atoms. The van der Waals surface area contributed by atoms with Crippen LogP contribution in [0.5, 0.6) is 0 Å². The van der Waals surface area contributed by atoms with E-state index in [1.54, 1.807) is 0 Å². The third-order valence-electron chi connectivity index (χ3n) is 11.0. The van der Waals surface area contributed by atoms with Crippen LogP contribution in [0.1, 0.15) is 260 Å². The van der Waals surface area contributed by atoms with Crippen molar-refractivity contribution < 1.29 is 33.2 Å². The third kappa shape index (κ3) is 40.4. The minimum atomic E-state index is 0.126. The Labute approximate surface area is 368 Å². The number of ether oxygens (including phenoxy) is 7. The molecule has 7 nitrogen and oxygen atoms in total. The standard InChI is InChI=1S/C52H102O7/c1-7-13-19-25-27-33-39-49(56-41-35-29-21-15-9-3)51(58-43-37-31-23-17-11-5)45-53-47-55-48-54-46-52(59-44-38-32-24-18-12-6)50(40-34-28-26-20-14-8-2)57-42-36-30-22-16-10-4/h7-48H2,1-6H3. The van der Waals surface area contributed by atoms with Crippen LogP contribution in [0.25, 0.3) is 0 Å². The first kappa shape index (κ1) is 57.6. The molecule has 0 fully saturated rings. The maximum atomic E-state index is 6.49. The van der Waals surface area contributed by atoms with Crippen LogP contribution in [0.2, 0.25) is 0 Å².